The van der Waals surface area contributed by atoms with Gasteiger partial charge in [0.25, 0.3) is 0 Å². The lowest BCUT2D eigenvalue weighted by Crippen LogP contribution is -2.32. The number of nitrogens with zero attached hydrogens (tertiary/aromatic N) is 1. The normalized spacial score (nSPS) is 26.1. The average Bonchev–Trinajstić information content (AvgIpc) is 2.95. The van der Waals surface area contributed by atoms with Gasteiger partial charge >= 0.3 is 0 Å². The lowest BCUT2D eigenvalue weighted by Gasteiger charge is -2.24. The summed E-state index contributed by atoms with van der Waals surface area (Å²) in [6.07, 6.45) is 0. The molecule has 1 aromatic carbocycles. The largest absolute Gasteiger partial charge is 0.459 e. The molecule has 1 aliphatic rings. The first-order valence-electron chi connectivity index (χ1n) is 7.11. The molecule has 3 atom stereocenters. The van der Waals surface area contributed by atoms with Gasteiger partial charge in [0, 0.05) is 25.0 Å². The Morgan fingerprint density at radius 3 is 2.58 bits per heavy atom. The molecular formula is C16H22N2O. The van der Waals surface area contributed by atoms with Crippen LogP contribution < -0.4 is 5.73 Å². The van der Waals surface area contributed by atoms with Crippen LogP contribution in [0, 0.1) is 11.8 Å². The smallest absolute Gasteiger partial charge is 0.134 e. The molecule has 0 bridgehead atoms. The molecule has 1 saturated heterocycles. The van der Waals surface area contributed by atoms with Crippen molar-refractivity contribution in [1.82, 2.24) is 4.90 Å². The van der Waals surface area contributed by atoms with Crippen LogP contribution in [-0.4, -0.2) is 24.5 Å². The van der Waals surface area contributed by atoms with E-state index in [0.717, 1.165) is 41.7 Å². The third-order valence-electron chi connectivity index (χ3n) is 4.45. The molecule has 0 amide bonds. The van der Waals surface area contributed by atoms with Crippen molar-refractivity contribution in [1.29, 1.82) is 0 Å². The number of likely N-dealkylation sites (tertiary alicyclic amines) is 1. The van der Waals surface area contributed by atoms with E-state index in [4.69, 9.17) is 10.2 Å². The topological polar surface area (TPSA) is 42.4 Å². The van der Waals surface area contributed by atoms with Gasteiger partial charge in [0.1, 0.15) is 11.3 Å². The van der Waals surface area contributed by atoms with E-state index in [1.807, 2.05) is 18.2 Å². The summed E-state index contributed by atoms with van der Waals surface area (Å²) in [5, 5.41) is 1.16. The molecule has 1 aromatic heterocycles. The van der Waals surface area contributed by atoms with E-state index < -0.39 is 0 Å². The van der Waals surface area contributed by atoms with E-state index >= 15 is 0 Å². The fraction of sp³-hybridized carbons (Fsp3) is 0.500. The van der Waals surface area contributed by atoms with Crippen LogP contribution in [0.4, 0.5) is 0 Å². The lowest BCUT2D eigenvalue weighted by atomic mass is 10.0. The minimum Gasteiger partial charge on any atom is -0.459 e. The van der Waals surface area contributed by atoms with Gasteiger partial charge in [-0.1, -0.05) is 32.0 Å². The molecule has 3 heteroatoms. The number of rotatable bonds is 3. The summed E-state index contributed by atoms with van der Waals surface area (Å²) in [5.74, 6) is 2.47. The molecule has 0 aliphatic carbocycles. The molecule has 0 saturated carbocycles. The fourth-order valence-corrected chi connectivity index (χ4v) is 3.04. The number of furan rings is 1. The van der Waals surface area contributed by atoms with E-state index in [0.29, 0.717) is 6.54 Å². The van der Waals surface area contributed by atoms with Crippen molar-refractivity contribution in [2.75, 3.05) is 19.6 Å². The minimum absolute atomic E-state index is 0.208. The van der Waals surface area contributed by atoms with Gasteiger partial charge in [0.15, 0.2) is 0 Å². The van der Waals surface area contributed by atoms with Crippen LogP contribution in [0.5, 0.6) is 0 Å². The summed E-state index contributed by atoms with van der Waals surface area (Å²) in [6.45, 7) is 7.47. The summed E-state index contributed by atoms with van der Waals surface area (Å²) in [7, 11) is 0. The summed E-state index contributed by atoms with van der Waals surface area (Å²) in [5.41, 5.74) is 6.95. The van der Waals surface area contributed by atoms with Crippen molar-refractivity contribution in [2.24, 2.45) is 17.6 Å². The highest BCUT2D eigenvalue weighted by atomic mass is 16.3. The highest BCUT2D eigenvalue weighted by Gasteiger charge is 2.32. The molecule has 19 heavy (non-hydrogen) atoms. The first kappa shape index (κ1) is 12.7. The predicted octanol–water partition coefficient (Wildman–Crippen LogP) is 3.02. The zero-order valence-electron chi connectivity index (χ0n) is 11.7. The molecule has 3 nitrogen and oxygen atoms in total. The van der Waals surface area contributed by atoms with Gasteiger partial charge in [0.2, 0.25) is 0 Å². The third-order valence-corrected chi connectivity index (χ3v) is 4.45. The van der Waals surface area contributed by atoms with Gasteiger partial charge in [-0.15, -0.1) is 0 Å². The van der Waals surface area contributed by atoms with E-state index in [-0.39, 0.29) is 6.04 Å². The molecule has 1 fully saturated rings. The van der Waals surface area contributed by atoms with Crippen molar-refractivity contribution in [3.05, 3.63) is 36.1 Å². The maximum atomic E-state index is 6.00. The number of hydrogen-bond donors (Lipinski definition) is 1. The van der Waals surface area contributed by atoms with Gasteiger partial charge in [0.05, 0.1) is 6.04 Å². The second-order valence-electron chi connectivity index (χ2n) is 5.85. The molecule has 2 aromatic rings. The second-order valence-corrected chi connectivity index (χ2v) is 5.85. The fourth-order valence-electron chi connectivity index (χ4n) is 3.04. The molecule has 2 heterocycles. The number of hydrogen-bond acceptors (Lipinski definition) is 3. The molecule has 3 unspecified atom stereocenters. The second kappa shape index (κ2) is 4.99. The Hall–Kier alpha value is -1.32. The molecule has 1 aliphatic heterocycles. The molecule has 0 spiro atoms. The Labute approximate surface area is 114 Å². The van der Waals surface area contributed by atoms with Crippen LogP contribution in [0.25, 0.3) is 11.0 Å². The van der Waals surface area contributed by atoms with Crippen LogP contribution in [0.1, 0.15) is 25.6 Å². The number of nitrogens with two attached hydrogens (primary N) is 1. The summed E-state index contributed by atoms with van der Waals surface area (Å²) >= 11 is 0. The van der Waals surface area contributed by atoms with Gasteiger partial charge in [-0.25, -0.2) is 0 Å². The highest BCUT2D eigenvalue weighted by molar-refractivity contribution is 5.77. The van der Waals surface area contributed by atoms with E-state index in [9.17, 15) is 0 Å². The first-order chi connectivity index (χ1) is 9.19. The first-order valence-corrected chi connectivity index (χ1v) is 7.11. The number of benzene rings is 1. The number of fused-ring (bicyclic) bond motifs is 1. The van der Waals surface area contributed by atoms with Crippen molar-refractivity contribution in [2.45, 2.75) is 19.9 Å². The Bertz CT molecular complexity index is 520. The van der Waals surface area contributed by atoms with E-state index in [1.54, 1.807) is 0 Å². The Kier molecular flexibility index (Phi) is 3.33. The van der Waals surface area contributed by atoms with Gasteiger partial charge in [-0.3, -0.25) is 4.90 Å². The van der Waals surface area contributed by atoms with Gasteiger partial charge < -0.3 is 10.2 Å². The van der Waals surface area contributed by atoms with E-state index in [1.165, 1.54) is 0 Å². The van der Waals surface area contributed by atoms with Crippen LogP contribution in [0.3, 0.4) is 0 Å². The zero-order valence-corrected chi connectivity index (χ0v) is 11.7. The minimum atomic E-state index is 0.208. The van der Waals surface area contributed by atoms with Crippen LogP contribution in [-0.2, 0) is 0 Å². The summed E-state index contributed by atoms with van der Waals surface area (Å²) in [4.78, 5) is 2.47. The molecule has 2 N–H and O–H groups in total. The average molecular weight is 258 g/mol. The summed E-state index contributed by atoms with van der Waals surface area (Å²) < 4.78 is 5.98. The Morgan fingerprint density at radius 2 is 1.95 bits per heavy atom. The maximum Gasteiger partial charge on any atom is 0.134 e. The highest BCUT2D eigenvalue weighted by Crippen LogP contribution is 2.32. The molecule has 3 rings (SSSR count). The maximum absolute atomic E-state index is 6.00. The van der Waals surface area contributed by atoms with Gasteiger partial charge in [-0.05, 0) is 24.0 Å². The number of para-hydroxylation sites is 1. The van der Waals surface area contributed by atoms with Gasteiger partial charge in [-0.2, -0.15) is 0 Å². The Morgan fingerprint density at radius 1 is 1.26 bits per heavy atom. The third kappa shape index (κ3) is 2.28. The molecular weight excluding hydrogens is 236 g/mol. The monoisotopic (exact) mass is 258 g/mol. The van der Waals surface area contributed by atoms with Crippen LogP contribution >= 0.6 is 0 Å². The van der Waals surface area contributed by atoms with Crippen molar-refractivity contribution in [3.8, 4) is 0 Å². The quantitative estimate of drug-likeness (QED) is 0.920. The Balaban J connectivity index is 1.89. The predicted molar refractivity (Wildman–Crippen MR) is 77.9 cm³/mol. The molecule has 0 radical (unpaired) electrons. The molecule has 102 valence electrons. The summed E-state index contributed by atoms with van der Waals surface area (Å²) in [6, 6.07) is 10.5. The van der Waals surface area contributed by atoms with Crippen molar-refractivity contribution >= 4 is 11.0 Å². The zero-order chi connectivity index (χ0) is 13.4. The van der Waals surface area contributed by atoms with Crippen molar-refractivity contribution in [3.63, 3.8) is 0 Å². The standard InChI is InChI=1S/C16H22N2O/c1-11-9-18(10-12(11)2)14(8-17)16-7-13-5-3-4-6-15(13)19-16/h3-7,11-12,14H,8-10,17H2,1-2H3. The van der Waals surface area contributed by atoms with E-state index in [2.05, 4.69) is 30.9 Å². The van der Waals surface area contributed by atoms with Crippen LogP contribution in [0.2, 0.25) is 0 Å². The van der Waals surface area contributed by atoms with Crippen molar-refractivity contribution < 1.29 is 4.42 Å². The van der Waals surface area contributed by atoms with Crippen LogP contribution in [0.15, 0.2) is 34.7 Å². The lowest BCUT2D eigenvalue weighted by molar-refractivity contribution is 0.214. The SMILES string of the molecule is CC1CN(C(CN)c2cc3ccccc3o2)CC1C.